The third kappa shape index (κ3) is 3.59. The van der Waals surface area contributed by atoms with Gasteiger partial charge in [0, 0.05) is 6.54 Å². The number of hydrogen-bond acceptors (Lipinski definition) is 4. The number of anilines is 1. The van der Waals surface area contributed by atoms with E-state index in [1.807, 2.05) is 13.8 Å². The van der Waals surface area contributed by atoms with E-state index in [1.165, 1.54) is 6.20 Å². The number of aromatic nitrogens is 2. The van der Waals surface area contributed by atoms with Gasteiger partial charge < -0.3 is 15.8 Å². The third-order valence-electron chi connectivity index (χ3n) is 1.73. The Morgan fingerprint density at radius 1 is 1.73 bits per heavy atom. The van der Waals surface area contributed by atoms with Gasteiger partial charge >= 0.3 is 0 Å². The Labute approximate surface area is 88.2 Å². The molecule has 0 spiro atoms. The number of hydrogen-bond donors (Lipinski definition) is 3. The first-order valence-corrected chi connectivity index (χ1v) is 4.80. The van der Waals surface area contributed by atoms with Gasteiger partial charge in [-0.05, 0) is 13.8 Å². The van der Waals surface area contributed by atoms with E-state index in [2.05, 4.69) is 15.5 Å². The fraction of sp³-hybridized carbons (Fsp3) is 0.556. The molecule has 0 aromatic carbocycles. The molecule has 0 aliphatic heterocycles. The van der Waals surface area contributed by atoms with E-state index >= 15 is 0 Å². The van der Waals surface area contributed by atoms with Crippen molar-refractivity contribution in [3.63, 3.8) is 0 Å². The summed E-state index contributed by atoms with van der Waals surface area (Å²) in [7, 11) is 0. The van der Waals surface area contributed by atoms with Crippen molar-refractivity contribution < 1.29 is 9.53 Å². The quantitative estimate of drug-likeness (QED) is 0.605. The second-order valence-electron chi connectivity index (χ2n) is 3.38. The van der Waals surface area contributed by atoms with Crippen LogP contribution in [0.3, 0.4) is 0 Å². The predicted molar refractivity (Wildman–Crippen MR) is 56.4 cm³/mol. The molecule has 0 aliphatic rings. The molecule has 0 saturated carbocycles. The highest BCUT2D eigenvalue weighted by molar-refractivity contribution is 5.96. The number of carbonyl (C=O) groups excluding carboxylic acids is 1. The van der Waals surface area contributed by atoms with Crippen LogP contribution >= 0.6 is 0 Å². The molecule has 1 rings (SSSR count). The zero-order valence-electron chi connectivity index (χ0n) is 8.91. The van der Waals surface area contributed by atoms with Crippen LogP contribution in [0.1, 0.15) is 24.3 Å². The van der Waals surface area contributed by atoms with Crippen molar-refractivity contribution >= 4 is 11.6 Å². The highest BCUT2D eigenvalue weighted by Crippen LogP contribution is 2.04. The Kier molecular flexibility index (Phi) is 4.11. The lowest BCUT2D eigenvalue weighted by Crippen LogP contribution is -2.28. The molecule has 6 nitrogen and oxygen atoms in total. The lowest BCUT2D eigenvalue weighted by Gasteiger charge is -2.08. The summed E-state index contributed by atoms with van der Waals surface area (Å²) >= 11 is 0. The lowest BCUT2D eigenvalue weighted by atomic mass is 10.3. The topological polar surface area (TPSA) is 93.0 Å². The molecule has 1 aromatic heterocycles. The van der Waals surface area contributed by atoms with Crippen LogP contribution < -0.4 is 11.1 Å². The van der Waals surface area contributed by atoms with E-state index in [4.69, 9.17) is 10.5 Å². The minimum absolute atomic E-state index is 0.166. The summed E-state index contributed by atoms with van der Waals surface area (Å²) in [4.78, 5) is 11.5. The number of rotatable bonds is 5. The highest BCUT2D eigenvalue weighted by atomic mass is 16.5. The maximum Gasteiger partial charge on any atom is 0.271 e. The van der Waals surface area contributed by atoms with Gasteiger partial charge in [-0.1, -0.05) is 0 Å². The van der Waals surface area contributed by atoms with E-state index in [1.54, 1.807) is 0 Å². The minimum Gasteiger partial charge on any atom is -0.396 e. The van der Waals surface area contributed by atoms with Crippen molar-refractivity contribution in [2.75, 3.05) is 18.9 Å². The molecule has 4 N–H and O–H groups in total. The first kappa shape index (κ1) is 11.5. The summed E-state index contributed by atoms with van der Waals surface area (Å²) in [5.74, 6) is -0.266. The Morgan fingerprint density at radius 3 is 3.00 bits per heavy atom. The SMILES string of the molecule is CC(C)OCCNC(=O)c1[nH]ncc1N. The molecular formula is C9H16N4O2. The number of nitrogens with two attached hydrogens (primary N) is 1. The number of H-pyrrole nitrogens is 1. The average Bonchev–Trinajstić information content (AvgIpc) is 2.58. The molecule has 0 bridgehead atoms. The summed E-state index contributed by atoms with van der Waals surface area (Å²) in [6.07, 6.45) is 1.57. The molecule has 1 amide bonds. The van der Waals surface area contributed by atoms with Crippen molar-refractivity contribution in [3.05, 3.63) is 11.9 Å². The van der Waals surface area contributed by atoms with E-state index in [9.17, 15) is 4.79 Å². The molecule has 0 unspecified atom stereocenters. The molecule has 0 aliphatic carbocycles. The molecule has 0 fully saturated rings. The van der Waals surface area contributed by atoms with Crippen molar-refractivity contribution in [2.45, 2.75) is 20.0 Å². The second kappa shape index (κ2) is 5.35. The number of nitrogen functional groups attached to an aromatic ring is 1. The van der Waals surface area contributed by atoms with E-state index < -0.39 is 0 Å². The summed E-state index contributed by atoms with van der Waals surface area (Å²) in [5.41, 5.74) is 6.14. The Bertz CT molecular complexity index is 322. The van der Waals surface area contributed by atoms with E-state index in [0.29, 0.717) is 24.5 Å². The summed E-state index contributed by atoms with van der Waals surface area (Å²) in [5, 5.41) is 8.85. The third-order valence-corrected chi connectivity index (χ3v) is 1.73. The molecule has 6 heteroatoms. The average molecular weight is 212 g/mol. The number of nitrogens with one attached hydrogen (secondary N) is 2. The van der Waals surface area contributed by atoms with Crippen LogP contribution in [0.5, 0.6) is 0 Å². The van der Waals surface area contributed by atoms with Gasteiger partial charge in [-0.2, -0.15) is 5.10 Å². The van der Waals surface area contributed by atoms with Gasteiger partial charge in [0.2, 0.25) is 0 Å². The fourth-order valence-electron chi connectivity index (χ4n) is 1.02. The van der Waals surface area contributed by atoms with Gasteiger partial charge in [0.05, 0.1) is 24.6 Å². The minimum atomic E-state index is -0.266. The normalized spacial score (nSPS) is 10.6. The zero-order valence-corrected chi connectivity index (χ0v) is 8.91. The van der Waals surface area contributed by atoms with Crippen LogP contribution in [0.4, 0.5) is 5.69 Å². The van der Waals surface area contributed by atoms with E-state index in [0.717, 1.165) is 0 Å². The molecule has 0 saturated heterocycles. The van der Waals surface area contributed by atoms with Crippen LogP contribution in [-0.4, -0.2) is 35.4 Å². The number of nitrogens with zero attached hydrogens (tertiary/aromatic N) is 1. The smallest absolute Gasteiger partial charge is 0.271 e. The largest absolute Gasteiger partial charge is 0.396 e. The highest BCUT2D eigenvalue weighted by Gasteiger charge is 2.10. The first-order chi connectivity index (χ1) is 7.11. The molecule has 0 atom stereocenters. The van der Waals surface area contributed by atoms with Crippen LogP contribution in [0.25, 0.3) is 0 Å². The van der Waals surface area contributed by atoms with Crippen molar-refractivity contribution in [3.8, 4) is 0 Å². The standard InChI is InChI=1S/C9H16N4O2/c1-6(2)15-4-3-11-9(14)8-7(10)5-12-13-8/h5-6H,3-4,10H2,1-2H3,(H,11,14)(H,12,13). The van der Waals surface area contributed by atoms with Crippen molar-refractivity contribution in [2.24, 2.45) is 0 Å². The second-order valence-corrected chi connectivity index (χ2v) is 3.38. The predicted octanol–water partition coefficient (Wildman–Crippen LogP) is 0.147. The molecule has 0 radical (unpaired) electrons. The number of carbonyl (C=O) groups is 1. The summed E-state index contributed by atoms with van der Waals surface area (Å²) in [6.45, 7) is 4.82. The van der Waals surface area contributed by atoms with Crippen LogP contribution in [0.2, 0.25) is 0 Å². The number of ether oxygens (including phenoxy) is 1. The van der Waals surface area contributed by atoms with Gasteiger partial charge in [-0.15, -0.1) is 0 Å². The van der Waals surface area contributed by atoms with Crippen molar-refractivity contribution in [1.29, 1.82) is 0 Å². The van der Waals surface area contributed by atoms with Crippen LogP contribution in [-0.2, 0) is 4.74 Å². The number of aromatic amines is 1. The maximum atomic E-state index is 11.5. The van der Waals surface area contributed by atoms with Crippen LogP contribution in [0.15, 0.2) is 6.20 Å². The lowest BCUT2D eigenvalue weighted by molar-refractivity contribution is 0.0745. The molecule has 15 heavy (non-hydrogen) atoms. The van der Waals surface area contributed by atoms with Crippen LogP contribution in [0, 0.1) is 0 Å². The molecule has 1 heterocycles. The van der Waals surface area contributed by atoms with Gasteiger partial charge in [0.1, 0.15) is 5.69 Å². The molecule has 84 valence electrons. The molecule has 1 aromatic rings. The Balaban J connectivity index is 2.28. The Hall–Kier alpha value is -1.56. The van der Waals surface area contributed by atoms with Crippen molar-refractivity contribution in [1.82, 2.24) is 15.5 Å². The number of amides is 1. The van der Waals surface area contributed by atoms with Gasteiger partial charge in [-0.25, -0.2) is 0 Å². The first-order valence-electron chi connectivity index (χ1n) is 4.80. The summed E-state index contributed by atoms with van der Waals surface area (Å²) in [6, 6.07) is 0. The Morgan fingerprint density at radius 2 is 2.47 bits per heavy atom. The van der Waals surface area contributed by atoms with Gasteiger partial charge in [-0.3, -0.25) is 9.89 Å². The van der Waals surface area contributed by atoms with Gasteiger partial charge in [0.25, 0.3) is 5.91 Å². The fourth-order valence-corrected chi connectivity index (χ4v) is 1.02. The van der Waals surface area contributed by atoms with E-state index in [-0.39, 0.29) is 12.0 Å². The summed E-state index contributed by atoms with van der Waals surface area (Å²) < 4.78 is 5.27. The monoisotopic (exact) mass is 212 g/mol. The molecular weight excluding hydrogens is 196 g/mol. The van der Waals surface area contributed by atoms with Gasteiger partial charge in [0.15, 0.2) is 0 Å². The maximum absolute atomic E-state index is 11.5. The zero-order chi connectivity index (χ0) is 11.3.